The van der Waals surface area contributed by atoms with Gasteiger partial charge >= 0.3 is 0 Å². The van der Waals surface area contributed by atoms with Crippen LogP contribution in [0, 0.1) is 0 Å². The Hall–Kier alpha value is -1.26. The SMILES string of the molecule is C[C@H]1CO[C@@H](c2ccc(Oc3ccc(Cl)cc3)cc2Cl)O1. The average Bonchev–Trinajstić information content (AvgIpc) is 2.88. The molecule has 0 amide bonds. The molecular weight excluding hydrogens is 311 g/mol. The third-order valence-electron chi connectivity index (χ3n) is 3.11. The Morgan fingerprint density at radius 2 is 1.76 bits per heavy atom. The number of ether oxygens (including phenoxy) is 3. The quantitative estimate of drug-likeness (QED) is 0.774. The fraction of sp³-hybridized carbons (Fsp3) is 0.250. The lowest BCUT2D eigenvalue weighted by Crippen LogP contribution is -2.03. The van der Waals surface area contributed by atoms with Gasteiger partial charge in [-0.15, -0.1) is 0 Å². The summed E-state index contributed by atoms with van der Waals surface area (Å²) < 4.78 is 16.9. The first-order valence-electron chi connectivity index (χ1n) is 6.62. The molecule has 0 unspecified atom stereocenters. The van der Waals surface area contributed by atoms with Crippen LogP contribution in [0.4, 0.5) is 0 Å². The molecule has 21 heavy (non-hydrogen) atoms. The van der Waals surface area contributed by atoms with Gasteiger partial charge in [0, 0.05) is 10.6 Å². The molecule has 1 aliphatic heterocycles. The molecule has 0 saturated carbocycles. The predicted molar refractivity (Wildman–Crippen MR) is 82.2 cm³/mol. The van der Waals surface area contributed by atoms with Crippen LogP contribution in [0.3, 0.4) is 0 Å². The van der Waals surface area contributed by atoms with Gasteiger partial charge < -0.3 is 14.2 Å². The van der Waals surface area contributed by atoms with Crippen LogP contribution in [0.15, 0.2) is 42.5 Å². The van der Waals surface area contributed by atoms with Crippen molar-refractivity contribution in [3.8, 4) is 11.5 Å². The van der Waals surface area contributed by atoms with E-state index in [0.29, 0.717) is 28.2 Å². The van der Waals surface area contributed by atoms with Gasteiger partial charge in [-0.25, -0.2) is 0 Å². The third kappa shape index (κ3) is 3.50. The average molecular weight is 325 g/mol. The van der Waals surface area contributed by atoms with Crippen LogP contribution in [-0.4, -0.2) is 12.7 Å². The van der Waals surface area contributed by atoms with E-state index in [4.69, 9.17) is 37.4 Å². The Balaban J connectivity index is 1.76. The highest BCUT2D eigenvalue weighted by Crippen LogP contribution is 2.35. The molecule has 0 bridgehead atoms. The van der Waals surface area contributed by atoms with Crippen molar-refractivity contribution in [3.63, 3.8) is 0 Å². The van der Waals surface area contributed by atoms with E-state index in [9.17, 15) is 0 Å². The summed E-state index contributed by atoms with van der Waals surface area (Å²) in [5.41, 5.74) is 0.810. The van der Waals surface area contributed by atoms with Crippen LogP contribution in [0.1, 0.15) is 18.8 Å². The summed E-state index contributed by atoms with van der Waals surface area (Å²) in [6.07, 6.45) is -0.326. The highest BCUT2D eigenvalue weighted by Gasteiger charge is 2.26. The van der Waals surface area contributed by atoms with Gasteiger partial charge in [0.1, 0.15) is 11.5 Å². The van der Waals surface area contributed by atoms with Crippen molar-refractivity contribution in [1.29, 1.82) is 0 Å². The van der Waals surface area contributed by atoms with E-state index in [2.05, 4.69) is 0 Å². The lowest BCUT2D eigenvalue weighted by Gasteiger charge is -2.13. The summed E-state index contributed by atoms with van der Waals surface area (Å²) in [4.78, 5) is 0. The standard InChI is InChI=1S/C16H14Cl2O3/c1-10-9-19-16(20-10)14-7-6-13(8-15(14)18)21-12-4-2-11(17)3-5-12/h2-8,10,16H,9H2,1H3/t10-,16+/m0/s1. The molecule has 1 fully saturated rings. The van der Waals surface area contributed by atoms with Gasteiger partial charge in [-0.05, 0) is 49.4 Å². The molecule has 2 aromatic carbocycles. The molecule has 0 aliphatic carbocycles. The minimum atomic E-state index is -0.405. The van der Waals surface area contributed by atoms with Crippen molar-refractivity contribution in [1.82, 2.24) is 0 Å². The van der Waals surface area contributed by atoms with Crippen LogP contribution >= 0.6 is 23.2 Å². The number of benzene rings is 2. The van der Waals surface area contributed by atoms with Crippen LogP contribution in [0.25, 0.3) is 0 Å². The van der Waals surface area contributed by atoms with Crippen molar-refractivity contribution in [2.75, 3.05) is 6.61 Å². The fourth-order valence-electron chi connectivity index (χ4n) is 2.08. The summed E-state index contributed by atoms with van der Waals surface area (Å²) in [5.74, 6) is 1.35. The molecular formula is C16H14Cl2O3. The van der Waals surface area contributed by atoms with Crippen molar-refractivity contribution >= 4 is 23.2 Å². The first-order valence-corrected chi connectivity index (χ1v) is 7.37. The fourth-order valence-corrected chi connectivity index (χ4v) is 2.46. The van der Waals surface area contributed by atoms with Crippen LogP contribution in [0.5, 0.6) is 11.5 Å². The summed E-state index contributed by atoms with van der Waals surface area (Å²) >= 11 is 12.1. The Morgan fingerprint density at radius 1 is 1.05 bits per heavy atom. The molecule has 1 saturated heterocycles. The highest BCUT2D eigenvalue weighted by molar-refractivity contribution is 6.31. The lowest BCUT2D eigenvalue weighted by molar-refractivity contribution is -0.0571. The highest BCUT2D eigenvalue weighted by atomic mass is 35.5. The Labute approximate surface area is 133 Å². The molecule has 110 valence electrons. The number of rotatable bonds is 3. The molecule has 0 spiro atoms. The molecule has 2 aromatic rings. The smallest absolute Gasteiger partial charge is 0.185 e. The van der Waals surface area contributed by atoms with E-state index < -0.39 is 6.29 Å². The van der Waals surface area contributed by atoms with Gasteiger partial charge in [0.25, 0.3) is 0 Å². The van der Waals surface area contributed by atoms with Crippen LogP contribution < -0.4 is 4.74 Å². The molecule has 1 heterocycles. The maximum Gasteiger partial charge on any atom is 0.185 e. The molecule has 0 N–H and O–H groups in total. The Bertz CT molecular complexity index is 628. The minimum Gasteiger partial charge on any atom is -0.457 e. The lowest BCUT2D eigenvalue weighted by atomic mass is 10.2. The topological polar surface area (TPSA) is 27.7 Å². The Morgan fingerprint density at radius 3 is 2.38 bits per heavy atom. The first kappa shape index (κ1) is 14.7. The van der Waals surface area contributed by atoms with Crippen molar-refractivity contribution in [2.24, 2.45) is 0 Å². The molecule has 3 rings (SSSR count). The second kappa shape index (κ2) is 6.24. The van der Waals surface area contributed by atoms with Gasteiger partial charge in [-0.3, -0.25) is 0 Å². The maximum absolute atomic E-state index is 6.29. The van der Waals surface area contributed by atoms with E-state index in [0.717, 1.165) is 5.56 Å². The van der Waals surface area contributed by atoms with Gasteiger partial charge in [0.15, 0.2) is 6.29 Å². The van der Waals surface area contributed by atoms with E-state index in [1.54, 1.807) is 30.3 Å². The van der Waals surface area contributed by atoms with Crippen molar-refractivity contribution < 1.29 is 14.2 Å². The van der Waals surface area contributed by atoms with E-state index in [1.165, 1.54) is 0 Å². The van der Waals surface area contributed by atoms with E-state index in [-0.39, 0.29) is 6.10 Å². The zero-order valence-corrected chi connectivity index (χ0v) is 12.9. The Kier molecular flexibility index (Phi) is 4.36. The second-order valence-corrected chi connectivity index (χ2v) is 5.69. The zero-order valence-electron chi connectivity index (χ0n) is 11.4. The largest absolute Gasteiger partial charge is 0.457 e. The molecule has 0 aromatic heterocycles. The maximum atomic E-state index is 6.29. The zero-order chi connectivity index (χ0) is 14.8. The summed E-state index contributed by atoms with van der Waals surface area (Å²) in [7, 11) is 0. The first-order chi connectivity index (χ1) is 10.1. The second-order valence-electron chi connectivity index (χ2n) is 4.85. The normalized spacial score (nSPS) is 21.5. The van der Waals surface area contributed by atoms with Crippen molar-refractivity contribution in [2.45, 2.75) is 19.3 Å². The van der Waals surface area contributed by atoms with E-state index in [1.807, 2.05) is 19.1 Å². The van der Waals surface area contributed by atoms with Gasteiger partial charge in [0.2, 0.25) is 0 Å². The minimum absolute atomic E-state index is 0.0797. The molecule has 1 aliphatic rings. The predicted octanol–water partition coefficient (Wildman–Crippen LogP) is 5.22. The number of halogens is 2. The van der Waals surface area contributed by atoms with Gasteiger partial charge in [0.05, 0.1) is 17.7 Å². The summed E-state index contributed by atoms with van der Waals surface area (Å²) in [6, 6.07) is 12.6. The summed E-state index contributed by atoms with van der Waals surface area (Å²) in [6.45, 7) is 2.54. The molecule has 2 atom stereocenters. The number of hydrogen-bond donors (Lipinski definition) is 0. The van der Waals surface area contributed by atoms with Crippen LogP contribution in [0.2, 0.25) is 10.0 Å². The molecule has 3 nitrogen and oxygen atoms in total. The van der Waals surface area contributed by atoms with Crippen LogP contribution in [-0.2, 0) is 9.47 Å². The summed E-state index contributed by atoms with van der Waals surface area (Å²) in [5, 5.41) is 1.22. The third-order valence-corrected chi connectivity index (χ3v) is 3.69. The molecule has 0 radical (unpaired) electrons. The number of hydrogen-bond acceptors (Lipinski definition) is 3. The van der Waals surface area contributed by atoms with Crippen molar-refractivity contribution in [3.05, 3.63) is 58.1 Å². The van der Waals surface area contributed by atoms with Gasteiger partial charge in [-0.1, -0.05) is 23.2 Å². The monoisotopic (exact) mass is 324 g/mol. The molecule has 5 heteroatoms. The van der Waals surface area contributed by atoms with Gasteiger partial charge in [-0.2, -0.15) is 0 Å². The van der Waals surface area contributed by atoms with E-state index >= 15 is 0 Å².